The maximum absolute atomic E-state index is 11.8. The summed E-state index contributed by atoms with van der Waals surface area (Å²) in [7, 11) is -1.13. The van der Waals surface area contributed by atoms with Crippen molar-refractivity contribution in [2.24, 2.45) is 0 Å². The van der Waals surface area contributed by atoms with Gasteiger partial charge >= 0.3 is 29.6 Å². The Morgan fingerprint density at radius 1 is 1.00 bits per heavy atom. The van der Waals surface area contributed by atoms with Crippen molar-refractivity contribution < 1.29 is 56.9 Å². The van der Waals surface area contributed by atoms with E-state index in [0.717, 1.165) is 12.8 Å². The molecule has 0 heterocycles. The molecule has 0 spiro atoms. The molecule has 0 aliphatic rings. The quantitative estimate of drug-likeness (QED) is 0.105. The second-order valence-corrected chi connectivity index (χ2v) is 9.44. The predicted octanol–water partition coefficient (Wildman–Crippen LogP) is -0.642. The minimum atomic E-state index is -4.46. The first-order chi connectivity index (χ1) is 12.6. The van der Waals surface area contributed by atoms with Crippen LogP contribution in [0.2, 0.25) is 0 Å². The molecule has 1 unspecified atom stereocenters. The molecule has 2 N–H and O–H groups in total. The van der Waals surface area contributed by atoms with E-state index < -0.39 is 22.1 Å². The number of hydrogen-bond donors (Lipinski definition) is 2. The average molecular weight is 432 g/mol. The van der Waals surface area contributed by atoms with Gasteiger partial charge in [0.15, 0.2) is 0 Å². The molecular formula is C19H40N2NaO5S+. The van der Waals surface area contributed by atoms with Gasteiger partial charge in [-0.1, -0.05) is 58.3 Å². The number of carbonyl (C=O) groups excluding carboxylic acids is 1. The van der Waals surface area contributed by atoms with E-state index in [9.17, 15) is 22.9 Å². The molecule has 28 heavy (non-hydrogen) atoms. The number of quaternary nitrogens is 1. The average Bonchev–Trinajstić information content (AvgIpc) is 2.55. The van der Waals surface area contributed by atoms with Crippen molar-refractivity contribution >= 4 is 16.0 Å². The first kappa shape index (κ1) is 30.5. The molecule has 0 aromatic rings. The fourth-order valence-electron chi connectivity index (χ4n) is 2.93. The van der Waals surface area contributed by atoms with Crippen LogP contribution in [0.5, 0.6) is 0 Å². The summed E-state index contributed by atoms with van der Waals surface area (Å²) in [6, 6.07) is 0. The molecule has 1 amide bonds. The Morgan fingerprint density at radius 3 is 2.00 bits per heavy atom. The zero-order valence-corrected chi connectivity index (χ0v) is 21.2. The van der Waals surface area contributed by atoms with Gasteiger partial charge in [-0.05, 0) is 6.42 Å². The number of nitrogens with zero attached hydrogens (tertiary/aromatic N) is 1. The van der Waals surface area contributed by atoms with Gasteiger partial charge in [-0.3, -0.25) is 4.79 Å². The summed E-state index contributed by atoms with van der Waals surface area (Å²) in [6.45, 7) is 3.17. The van der Waals surface area contributed by atoms with E-state index in [-0.39, 0.29) is 39.9 Å². The molecule has 1 atom stereocenters. The Balaban J connectivity index is 0. The molecule has 7 nitrogen and oxygen atoms in total. The first-order valence-electron chi connectivity index (χ1n) is 10.3. The third kappa shape index (κ3) is 18.3. The van der Waals surface area contributed by atoms with Crippen LogP contribution < -0.4 is 34.9 Å². The number of nitrogens with one attached hydrogen (secondary N) is 1. The molecule has 0 aromatic carbocycles. The van der Waals surface area contributed by atoms with Crippen molar-refractivity contribution in [2.45, 2.75) is 83.8 Å². The summed E-state index contributed by atoms with van der Waals surface area (Å²) >= 11 is 0. The van der Waals surface area contributed by atoms with Gasteiger partial charge in [0.05, 0.1) is 20.6 Å². The van der Waals surface area contributed by atoms with E-state index in [1.807, 2.05) is 0 Å². The van der Waals surface area contributed by atoms with E-state index in [0.29, 0.717) is 25.9 Å². The SMILES string of the molecule is CCCCCCCCCCCC(=O)NCCC[N+](C)(C)C(O)CS(=O)(=O)[O-].[Na+]. The van der Waals surface area contributed by atoms with Gasteiger partial charge in [-0.15, -0.1) is 0 Å². The maximum atomic E-state index is 11.8. The van der Waals surface area contributed by atoms with Crippen LogP contribution in [0.25, 0.3) is 0 Å². The van der Waals surface area contributed by atoms with Gasteiger partial charge in [-0.25, -0.2) is 8.42 Å². The van der Waals surface area contributed by atoms with Gasteiger partial charge in [-0.2, -0.15) is 0 Å². The molecular weight excluding hydrogens is 391 g/mol. The molecule has 0 bridgehead atoms. The molecule has 0 aliphatic heterocycles. The zero-order chi connectivity index (χ0) is 20.8. The number of carbonyl (C=O) groups is 1. The van der Waals surface area contributed by atoms with Crippen LogP contribution in [0, 0.1) is 0 Å². The second-order valence-electron chi connectivity index (χ2n) is 7.99. The molecule has 0 rings (SSSR count). The van der Waals surface area contributed by atoms with E-state index in [1.54, 1.807) is 14.1 Å². The van der Waals surface area contributed by atoms with Crippen LogP contribution in [0.1, 0.15) is 77.6 Å². The predicted molar refractivity (Wildman–Crippen MR) is 107 cm³/mol. The van der Waals surface area contributed by atoms with Crippen LogP contribution in [-0.4, -0.2) is 67.6 Å². The smallest absolute Gasteiger partial charge is 0.748 e. The summed E-state index contributed by atoms with van der Waals surface area (Å²) in [5.41, 5.74) is 0. The number of aliphatic hydroxyl groups excluding tert-OH is 1. The Morgan fingerprint density at radius 2 is 1.50 bits per heavy atom. The Labute approximate surface area is 194 Å². The Hall–Kier alpha value is 0.300. The minimum Gasteiger partial charge on any atom is -0.748 e. The Kier molecular flexibility index (Phi) is 18.5. The number of amides is 1. The fourth-order valence-corrected chi connectivity index (χ4v) is 3.70. The van der Waals surface area contributed by atoms with Crippen molar-refractivity contribution in [3.8, 4) is 0 Å². The van der Waals surface area contributed by atoms with Gasteiger partial charge < -0.3 is 19.5 Å². The molecule has 162 valence electrons. The second kappa shape index (κ2) is 17.0. The minimum absolute atomic E-state index is 0. The molecule has 0 aliphatic carbocycles. The molecule has 0 radical (unpaired) electrons. The monoisotopic (exact) mass is 431 g/mol. The molecule has 0 aromatic heterocycles. The van der Waals surface area contributed by atoms with Crippen LogP contribution in [0.3, 0.4) is 0 Å². The number of rotatable bonds is 17. The Bertz CT molecular complexity index is 501. The summed E-state index contributed by atoms with van der Waals surface area (Å²) in [4.78, 5) is 11.8. The summed E-state index contributed by atoms with van der Waals surface area (Å²) in [6.07, 6.45) is 10.8. The van der Waals surface area contributed by atoms with Crippen molar-refractivity contribution in [2.75, 3.05) is 32.9 Å². The summed E-state index contributed by atoms with van der Waals surface area (Å²) < 4.78 is 32.3. The number of aliphatic hydroxyl groups is 1. The first-order valence-corrected chi connectivity index (χ1v) is 11.9. The molecule has 0 fully saturated rings. The zero-order valence-electron chi connectivity index (χ0n) is 18.4. The van der Waals surface area contributed by atoms with Gasteiger partial charge in [0, 0.05) is 19.4 Å². The van der Waals surface area contributed by atoms with Gasteiger partial charge in [0.2, 0.25) is 12.1 Å². The third-order valence-corrected chi connectivity index (χ3v) is 5.61. The van der Waals surface area contributed by atoms with Crippen LogP contribution in [0.4, 0.5) is 0 Å². The summed E-state index contributed by atoms with van der Waals surface area (Å²) in [5, 5.41) is 12.7. The van der Waals surface area contributed by atoms with Crippen molar-refractivity contribution in [3.63, 3.8) is 0 Å². The van der Waals surface area contributed by atoms with E-state index >= 15 is 0 Å². The summed E-state index contributed by atoms with van der Waals surface area (Å²) in [5.74, 6) is -0.767. The van der Waals surface area contributed by atoms with Crippen LogP contribution in [-0.2, 0) is 14.9 Å². The van der Waals surface area contributed by atoms with E-state index in [2.05, 4.69) is 12.2 Å². The normalized spacial score (nSPS) is 13.0. The molecule has 0 saturated heterocycles. The number of hydrogen-bond acceptors (Lipinski definition) is 5. The molecule has 9 heteroatoms. The number of unbranched alkanes of at least 4 members (excludes halogenated alkanes) is 8. The van der Waals surface area contributed by atoms with E-state index in [1.165, 1.54) is 44.9 Å². The van der Waals surface area contributed by atoms with Crippen molar-refractivity contribution in [1.29, 1.82) is 0 Å². The molecule has 0 saturated carbocycles. The van der Waals surface area contributed by atoms with Crippen molar-refractivity contribution in [3.05, 3.63) is 0 Å². The van der Waals surface area contributed by atoms with Gasteiger partial charge in [0.1, 0.15) is 15.9 Å². The van der Waals surface area contributed by atoms with Crippen LogP contribution >= 0.6 is 0 Å². The largest absolute Gasteiger partial charge is 1.00 e. The standard InChI is InChI=1S/C19H40N2O5S.Na/c1-4-5-6-7-8-9-10-11-12-14-18(22)20-15-13-16-21(2,3)19(23)17-27(24,25)26;/h19,23H,4-17H2,1-3H3,(H-,20,22,24,25,26);/q;+1. The topological polar surface area (TPSA) is 107 Å². The fraction of sp³-hybridized carbons (Fsp3) is 0.947. The maximum Gasteiger partial charge on any atom is 1.00 e. The van der Waals surface area contributed by atoms with E-state index in [4.69, 9.17) is 0 Å². The van der Waals surface area contributed by atoms with Crippen molar-refractivity contribution in [1.82, 2.24) is 5.32 Å². The third-order valence-electron chi connectivity index (χ3n) is 4.90. The van der Waals surface area contributed by atoms with Gasteiger partial charge in [0.25, 0.3) is 0 Å². The van der Waals surface area contributed by atoms with Crippen LogP contribution in [0.15, 0.2) is 0 Å².